The second-order valence-corrected chi connectivity index (χ2v) is 3.92. The van der Waals surface area contributed by atoms with Crippen LogP contribution in [0.2, 0.25) is 0 Å². The van der Waals surface area contributed by atoms with E-state index in [0.717, 1.165) is 26.3 Å². The van der Waals surface area contributed by atoms with Gasteiger partial charge >= 0.3 is 0 Å². The molecule has 1 aromatic heterocycles. The molecule has 0 aliphatic carbocycles. The van der Waals surface area contributed by atoms with Crippen LogP contribution >= 0.6 is 0 Å². The lowest BCUT2D eigenvalue weighted by atomic mass is 10.3. The molecule has 0 amide bonds. The van der Waals surface area contributed by atoms with Gasteiger partial charge in [-0.25, -0.2) is 0 Å². The molecule has 2 rings (SSSR count). The van der Waals surface area contributed by atoms with Gasteiger partial charge in [0.2, 0.25) is 0 Å². The largest absolute Gasteiger partial charge is 0.379 e. The summed E-state index contributed by atoms with van der Waals surface area (Å²) in [5.74, 6) is 0. The smallest absolute Gasteiger partial charge is 0.0594 e. The molecule has 1 aromatic rings. The van der Waals surface area contributed by atoms with Gasteiger partial charge in [0, 0.05) is 38.6 Å². The van der Waals surface area contributed by atoms with Gasteiger partial charge in [0.25, 0.3) is 0 Å². The lowest BCUT2D eigenvalue weighted by molar-refractivity contribution is 0.0238. The van der Waals surface area contributed by atoms with Crippen LogP contribution in [-0.4, -0.2) is 47.0 Å². The maximum atomic E-state index is 5.21. The van der Waals surface area contributed by atoms with Gasteiger partial charge in [0.1, 0.15) is 0 Å². The number of aromatic nitrogens is 2. The van der Waals surface area contributed by atoms with E-state index in [1.165, 1.54) is 0 Å². The van der Waals surface area contributed by atoms with Crippen molar-refractivity contribution in [2.75, 3.05) is 26.3 Å². The number of aryl methyl sites for hydroxylation is 1. The molecule has 4 heteroatoms. The van der Waals surface area contributed by atoms with Gasteiger partial charge in [0.05, 0.1) is 13.2 Å². The fraction of sp³-hybridized carbons (Fsp3) is 0.727. The van der Waals surface area contributed by atoms with Crippen molar-refractivity contribution in [3.8, 4) is 0 Å². The third-order valence-corrected chi connectivity index (χ3v) is 2.41. The fourth-order valence-corrected chi connectivity index (χ4v) is 1.44. The molecule has 0 aromatic carbocycles. The predicted octanol–water partition coefficient (Wildman–Crippen LogP) is 1.15. The number of hydrogen-bond acceptors (Lipinski definition) is 3. The van der Waals surface area contributed by atoms with Crippen LogP contribution in [0.25, 0.3) is 0 Å². The fourth-order valence-electron chi connectivity index (χ4n) is 1.44. The lowest BCUT2D eigenvalue weighted by Gasteiger charge is -2.29. The minimum Gasteiger partial charge on any atom is -0.379 e. The number of morpholine rings is 1. The highest BCUT2D eigenvalue weighted by Gasteiger charge is 2.11. The molecule has 0 N–H and O–H groups in total. The monoisotopic (exact) mass is 211 g/mol. The molecule has 0 bridgehead atoms. The average molecular weight is 211 g/mol. The van der Waals surface area contributed by atoms with E-state index in [1.807, 2.05) is 19.3 Å². The average Bonchev–Trinajstić information content (AvgIpc) is 2.71. The second-order valence-electron chi connectivity index (χ2n) is 3.92. The van der Waals surface area contributed by atoms with Gasteiger partial charge in [0.15, 0.2) is 0 Å². The predicted molar refractivity (Wildman–Crippen MR) is 60.7 cm³/mol. The molecule has 4 nitrogen and oxygen atoms in total. The Hall–Kier alpha value is -0.870. The molecule has 0 unspecified atom stereocenters. The first-order chi connectivity index (χ1) is 7.20. The number of rotatable bonds is 1. The van der Waals surface area contributed by atoms with Crippen molar-refractivity contribution in [3.63, 3.8) is 0 Å². The van der Waals surface area contributed by atoms with E-state index >= 15 is 0 Å². The third-order valence-electron chi connectivity index (χ3n) is 2.41. The van der Waals surface area contributed by atoms with Crippen LogP contribution < -0.4 is 0 Å². The van der Waals surface area contributed by atoms with Gasteiger partial charge in [-0.05, 0) is 19.9 Å². The minimum atomic E-state index is 0.689. The Labute approximate surface area is 91.8 Å². The summed E-state index contributed by atoms with van der Waals surface area (Å²) < 4.78 is 6.96. The first-order valence-corrected chi connectivity index (χ1v) is 5.45. The Bertz CT molecular complexity index is 240. The van der Waals surface area contributed by atoms with Crippen molar-refractivity contribution in [1.82, 2.24) is 14.7 Å². The maximum absolute atomic E-state index is 5.21. The Morgan fingerprint density at radius 1 is 1.27 bits per heavy atom. The van der Waals surface area contributed by atoms with Crippen LogP contribution in [0.4, 0.5) is 0 Å². The van der Waals surface area contributed by atoms with E-state index in [1.54, 1.807) is 10.9 Å². The van der Waals surface area contributed by atoms with Crippen molar-refractivity contribution in [2.24, 2.45) is 7.05 Å². The van der Waals surface area contributed by atoms with E-state index in [2.05, 4.69) is 23.8 Å². The summed E-state index contributed by atoms with van der Waals surface area (Å²) in [5.41, 5.74) is 0. The summed E-state index contributed by atoms with van der Waals surface area (Å²) in [4.78, 5) is 2.43. The highest BCUT2D eigenvalue weighted by molar-refractivity contribution is 4.75. The van der Waals surface area contributed by atoms with Gasteiger partial charge in [-0.15, -0.1) is 0 Å². The van der Waals surface area contributed by atoms with Crippen molar-refractivity contribution >= 4 is 0 Å². The summed E-state index contributed by atoms with van der Waals surface area (Å²) >= 11 is 0. The summed E-state index contributed by atoms with van der Waals surface area (Å²) in [7, 11) is 1.89. The van der Waals surface area contributed by atoms with E-state index in [4.69, 9.17) is 4.74 Å². The Balaban J connectivity index is 0.000000162. The van der Waals surface area contributed by atoms with Crippen molar-refractivity contribution in [3.05, 3.63) is 18.5 Å². The zero-order valence-corrected chi connectivity index (χ0v) is 9.89. The molecule has 2 heterocycles. The van der Waals surface area contributed by atoms with Crippen LogP contribution in [0.15, 0.2) is 18.5 Å². The Morgan fingerprint density at radius 3 is 2.20 bits per heavy atom. The van der Waals surface area contributed by atoms with Gasteiger partial charge < -0.3 is 4.74 Å². The zero-order valence-electron chi connectivity index (χ0n) is 9.89. The highest BCUT2D eigenvalue weighted by Crippen LogP contribution is 2.01. The van der Waals surface area contributed by atoms with Gasteiger partial charge in [-0.3, -0.25) is 9.58 Å². The maximum Gasteiger partial charge on any atom is 0.0594 e. The van der Waals surface area contributed by atoms with E-state index < -0.39 is 0 Å². The van der Waals surface area contributed by atoms with Crippen LogP contribution in [-0.2, 0) is 11.8 Å². The molecule has 1 aliphatic heterocycles. The van der Waals surface area contributed by atoms with E-state index in [-0.39, 0.29) is 0 Å². The SMILES string of the molecule is CC(C)N1CCOCC1.Cn1cccn1. The minimum absolute atomic E-state index is 0.689. The number of hydrogen-bond donors (Lipinski definition) is 0. The van der Waals surface area contributed by atoms with Gasteiger partial charge in [-0.2, -0.15) is 5.10 Å². The van der Waals surface area contributed by atoms with E-state index in [0.29, 0.717) is 6.04 Å². The van der Waals surface area contributed by atoms with Gasteiger partial charge in [-0.1, -0.05) is 0 Å². The molecule has 1 aliphatic rings. The molecule has 0 saturated carbocycles. The second kappa shape index (κ2) is 6.58. The first kappa shape index (κ1) is 12.2. The highest BCUT2D eigenvalue weighted by atomic mass is 16.5. The molecule has 0 atom stereocenters. The molecule has 15 heavy (non-hydrogen) atoms. The molecule has 0 radical (unpaired) electrons. The summed E-state index contributed by atoms with van der Waals surface area (Å²) in [6, 6.07) is 2.58. The Kier molecular flexibility index (Phi) is 5.36. The quantitative estimate of drug-likeness (QED) is 0.698. The molecular weight excluding hydrogens is 190 g/mol. The number of nitrogens with zero attached hydrogens (tertiary/aromatic N) is 3. The molecule has 0 spiro atoms. The lowest BCUT2D eigenvalue weighted by Crippen LogP contribution is -2.40. The van der Waals surface area contributed by atoms with Crippen molar-refractivity contribution in [2.45, 2.75) is 19.9 Å². The normalized spacial score (nSPS) is 17.3. The first-order valence-electron chi connectivity index (χ1n) is 5.45. The summed E-state index contributed by atoms with van der Waals surface area (Å²) in [6.07, 6.45) is 3.64. The number of ether oxygens (including phenoxy) is 1. The molecule has 86 valence electrons. The molecular formula is C11H21N3O. The standard InChI is InChI=1S/C7H15NO.C4H6N2/c1-7(2)8-3-5-9-6-4-8;1-6-4-2-3-5-6/h7H,3-6H2,1-2H3;2-4H,1H3. The van der Waals surface area contributed by atoms with Crippen molar-refractivity contribution < 1.29 is 4.74 Å². The molecule has 1 fully saturated rings. The van der Waals surface area contributed by atoms with Crippen LogP contribution in [0.1, 0.15) is 13.8 Å². The summed E-state index contributed by atoms with van der Waals surface area (Å²) in [6.45, 7) is 8.50. The summed E-state index contributed by atoms with van der Waals surface area (Å²) in [5, 5.41) is 3.83. The zero-order chi connectivity index (χ0) is 11.1. The molecule has 1 saturated heterocycles. The Morgan fingerprint density at radius 2 is 1.93 bits per heavy atom. The topological polar surface area (TPSA) is 30.3 Å². The van der Waals surface area contributed by atoms with Crippen LogP contribution in [0, 0.1) is 0 Å². The van der Waals surface area contributed by atoms with Crippen LogP contribution in [0.5, 0.6) is 0 Å². The van der Waals surface area contributed by atoms with Crippen molar-refractivity contribution in [1.29, 1.82) is 0 Å². The van der Waals surface area contributed by atoms with Crippen LogP contribution in [0.3, 0.4) is 0 Å². The third kappa shape index (κ3) is 4.95. The van der Waals surface area contributed by atoms with E-state index in [9.17, 15) is 0 Å².